The molecule has 35 heavy (non-hydrogen) atoms. The molecule has 3 heterocycles. The number of aromatic nitrogens is 4. The highest BCUT2D eigenvalue weighted by atomic mass is 16.3. The molecule has 7 nitrogen and oxygen atoms in total. The van der Waals surface area contributed by atoms with E-state index in [1.54, 1.807) is 33.9 Å². The predicted molar refractivity (Wildman–Crippen MR) is 135 cm³/mol. The number of hydrogen-bond acceptors (Lipinski definition) is 4. The van der Waals surface area contributed by atoms with Gasteiger partial charge in [0.05, 0.1) is 17.4 Å². The molecule has 0 saturated heterocycles. The van der Waals surface area contributed by atoms with E-state index in [9.17, 15) is 9.90 Å². The number of nitrogens with zero attached hydrogens (tertiary/aromatic N) is 4. The Morgan fingerprint density at radius 1 is 1.00 bits per heavy atom. The SMILES string of the molecule is CCc1c(C(O)(c2ccccc2)c2ccccc2)nn2ccc(C(=O)Nc3cnn(CC)c3)cc12. The van der Waals surface area contributed by atoms with Crippen molar-refractivity contribution in [3.8, 4) is 0 Å². The minimum atomic E-state index is -1.45. The molecule has 176 valence electrons. The van der Waals surface area contributed by atoms with Gasteiger partial charge in [0.2, 0.25) is 0 Å². The first-order chi connectivity index (χ1) is 17.0. The molecule has 7 heteroatoms. The molecule has 0 aliphatic heterocycles. The number of carbonyl (C=O) groups excluding carboxylic acids is 1. The Morgan fingerprint density at radius 2 is 1.66 bits per heavy atom. The third-order valence-corrected chi connectivity index (χ3v) is 6.29. The largest absolute Gasteiger partial charge is 0.374 e. The number of rotatable bonds is 7. The van der Waals surface area contributed by atoms with Gasteiger partial charge >= 0.3 is 0 Å². The van der Waals surface area contributed by atoms with E-state index in [1.807, 2.05) is 80.6 Å². The van der Waals surface area contributed by atoms with Crippen molar-refractivity contribution in [3.05, 3.63) is 119 Å². The van der Waals surface area contributed by atoms with Crippen LogP contribution in [0.15, 0.2) is 91.4 Å². The average molecular weight is 466 g/mol. The van der Waals surface area contributed by atoms with E-state index < -0.39 is 5.60 Å². The minimum absolute atomic E-state index is 0.227. The van der Waals surface area contributed by atoms with Crippen molar-refractivity contribution in [2.45, 2.75) is 32.4 Å². The summed E-state index contributed by atoms with van der Waals surface area (Å²) < 4.78 is 3.49. The molecule has 0 bridgehead atoms. The van der Waals surface area contributed by atoms with Crippen LogP contribution in [0.25, 0.3) is 5.52 Å². The van der Waals surface area contributed by atoms with Crippen molar-refractivity contribution in [2.24, 2.45) is 0 Å². The van der Waals surface area contributed by atoms with E-state index in [1.165, 1.54) is 0 Å². The topological polar surface area (TPSA) is 84.4 Å². The lowest BCUT2D eigenvalue weighted by atomic mass is 9.81. The number of fused-ring (bicyclic) bond motifs is 1. The fourth-order valence-electron chi connectivity index (χ4n) is 4.48. The van der Waals surface area contributed by atoms with Gasteiger partial charge in [0.25, 0.3) is 5.91 Å². The molecular formula is C28H27N5O2. The molecular weight excluding hydrogens is 438 g/mol. The lowest BCUT2D eigenvalue weighted by molar-refractivity contribution is 0.102. The van der Waals surface area contributed by atoms with Crippen molar-refractivity contribution in [1.82, 2.24) is 19.4 Å². The summed E-state index contributed by atoms with van der Waals surface area (Å²) in [6, 6.07) is 22.7. The standard InChI is InChI=1S/C28H27N5O2/c1-3-24-25-17-20(27(34)30-23-18-29-32(4-2)19-23)15-16-33(25)31-26(24)28(35,21-11-7-5-8-12-21)22-13-9-6-10-14-22/h5-19,35H,3-4H2,1-2H3,(H,30,34). The van der Waals surface area contributed by atoms with Gasteiger partial charge in [0, 0.05) is 30.1 Å². The van der Waals surface area contributed by atoms with Gasteiger partial charge in [-0.05, 0) is 36.6 Å². The monoisotopic (exact) mass is 465 g/mol. The smallest absolute Gasteiger partial charge is 0.255 e. The number of anilines is 1. The minimum Gasteiger partial charge on any atom is -0.374 e. The maximum Gasteiger partial charge on any atom is 0.255 e. The third kappa shape index (κ3) is 4.00. The van der Waals surface area contributed by atoms with Gasteiger partial charge in [-0.3, -0.25) is 9.48 Å². The Bertz CT molecular complexity index is 1430. The van der Waals surface area contributed by atoms with Crippen molar-refractivity contribution in [2.75, 3.05) is 5.32 Å². The van der Waals surface area contributed by atoms with Crippen molar-refractivity contribution < 1.29 is 9.90 Å². The molecule has 3 aromatic heterocycles. The van der Waals surface area contributed by atoms with Crippen LogP contribution >= 0.6 is 0 Å². The second-order valence-corrected chi connectivity index (χ2v) is 8.41. The van der Waals surface area contributed by atoms with Crippen LogP contribution in [0.1, 0.15) is 46.6 Å². The quantitative estimate of drug-likeness (QED) is 0.366. The van der Waals surface area contributed by atoms with Crippen LogP contribution in [0.2, 0.25) is 0 Å². The molecule has 0 saturated carbocycles. The number of pyridine rings is 1. The van der Waals surface area contributed by atoms with E-state index in [0.29, 0.717) is 23.4 Å². The highest BCUT2D eigenvalue weighted by Crippen LogP contribution is 2.39. The van der Waals surface area contributed by atoms with Gasteiger partial charge in [0.15, 0.2) is 5.60 Å². The molecule has 0 unspecified atom stereocenters. The summed E-state index contributed by atoms with van der Waals surface area (Å²) >= 11 is 0. The van der Waals surface area contributed by atoms with E-state index in [-0.39, 0.29) is 5.91 Å². The lowest BCUT2D eigenvalue weighted by Crippen LogP contribution is -2.30. The first kappa shape index (κ1) is 22.6. The summed E-state index contributed by atoms with van der Waals surface area (Å²) in [4.78, 5) is 13.0. The first-order valence-electron chi connectivity index (χ1n) is 11.7. The van der Waals surface area contributed by atoms with Gasteiger partial charge in [-0.25, -0.2) is 4.52 Å². The highest BCUT2D eigenvalue weighted by molar-refractivity contribution is 6.04. The molecule has 0 radical (unpaired) electrons. The lowest BCUT2D eigenvalue weighted by Gasteiger charge is -2.28. The summed E-state index contributed by atoms with van der Waals surface area (Å²) in [5, 5.41) is 24.2. The molecule has 2 N–H and O–H groups in total. The van der Waals surface area contributed by atoms with E-state index in [0.717, 1.165) is 28.8 Å². The molecule has 0 fully saturated rings. The Labute approximate surface area is 203 Å². The summed E-state index contributed by atoms with van der Waals surface area (Å²) in [6.45, 7) is 4.75. The van der Waals surface area contributed by atoms with Gasteiger partial charge in [-0.2, -0.15) is 10.2 Å². The van der Waals surface area contributed by atoms with E-state index in [4.69, 9.17) is 5.10 Å². The first-order valence-corrected chi connectivity index (χ1v) is 11.7. The van der Waals surface area contributed by atoms with Gasteiger partial charge < -0.3 is 10.4 Å². The Kier molecular flexibility index (Phi) is 5.93. The van der Waals surface area contributed by atoms with Gasteiger partial charge in [-0.1, -0.05) is 67.6 Å². The van der Waals surface area contributed by atoms with Crippen LogP contribution in [-0.4, -0.2) is 30.4 Å². The van der Waals surface area contributed by atoms with E-state index in [2.05, 4.69) is 10.4 Å². The number of carbonyl (C=O) groups is 1. The molecule has 0 aliphatic carbocycles. The van der Waals surface area contributed by atoms with Crippen molar-refractivity contribution in [1.29, 1.82) is 0 Å². The predicted octanol–water partition coefficient (Wildman–Crippen LogP) is 4.65. The second-order valence-electron chi connectivity index (χ2n) is 8.41. The summed E-state index contributed by atoms with van der Waals surface area (Å²) in [6.07, 6.45) is 5.83. The fourth-order valence-corrected chi connectivity index (χ4v) is 4.48. The number of hydrogen-bond donors (Lipinski definition) is 2. The molecule has 1 amide bonds. The maximum atomic E-state index is 13.0. The number of aryl methyl sites for hydroxylation is 2. The summed E-state index contributed by atoms with van der Waals surface area (Å²) in [5.74, 6) is -0.227. The van der Waals surface area contributed by atoms with Crippen molar-refractivity contribution >= 4 is 17.1 Å². The van der Waals surface area contributed by atoms with Crippen molar-refractivity contribution in [3.63, 3.8) is 0 Å². The van der Waals surface area contributed by atoms with Crippen LogP contribution in [0.4, 0.5) is 5.69 Å². The normalized spacial score (nSPS) is 11.6. The number of amides is 1. The second kappa shape index (κ2) is 9.19. The van der Waals surface area contributed by atoms with E-state index >= 15 is 0 Å². The molecule has 5 rings (SSSR count). The van der Waals surface area contributed by atoms with Crippen LogP contribution in [0.5, 0.6) is 0 Å². The molecule has 2 aromatic carbocycles. The molecule has 0 atom stereocenters. The number of benzene rings is 2. The van der Waals surface area contributed by atoms with Crippen LogP contribution in [0.3, 0.4) is 0 Å². The molecule has 0 aliphatic rings. The Balaban J connectivity index is 1.62. The van der Waals surface area contributed by atoms with Crippen LogP contribution in [-0.2, 0) is 18.6 Å². The zero-order chi connectivity index (χ0) is 24.4. The highest BCUT2D eigenvalue weighted by Gasteiger charge is 2.38. The zero-order valence-corrected chi connectivity index (χ0v) is 19.7. The molecule has 0 spiro atoms. The maximum absolute atomic E-state index is 13.0. The fraction of sp³-hybridized carbons (Fsp3) is 0.179. The summed E-state index contributed by atoms with van der Waals surface area (Å²) in [5.41, 5.74) is 3.38. The van der Waals surface area contributed by atoms with Gasteiger partial charge in [0.1, 0.15) is 5.69 Å². The zero-order valence-electron chi connectivity index (χ0n) is 19.7. The van der Waals surface area contributed by atoms with Crippen LogP contribution in [0, 0.1) is 0 Å². The van der Waals surface area contributed by atoms with Gasteiger partial charge in [-0.15, -0.1) is 0 Å². The third-order valence-electron chi connectivity index (χ3n) is 6.29. The van der Waals surface area contributed by atoms with Crippen LogP contribution < -0.4 is 5.32 Å². The average Bonchev–Trinajstić information content (AvgIpc) is 3.53. The summed E-state index contributed by atoms with van der Waals surface area (Å²) in [7, 11) is 0. The number of nitrogens with one attached hydrogen (secondary N) is 1. The Morgan fingerprint density at radius 3 is 2.23 bits per heavy atom. The Hall–Kier alpha value is -4.23. The molecule has 5 aromatic rings. The number of aliphatic hydroxyl groups is 1.